The first kappa shape index (κ1) is 16.6. The molecule has 0 amide bonds. The number of fused-ring (bicyclic) bond motifs is 1. The number of nitrogens with zero attached hydrogens (tertiary/aromatic N) is 1. The molecule has 0 saturated heterocycles. The van der Waals surface area contributed by atoms with Crippen molar-refractivity contribution in [3.8, 4) is 0 Å². The van der Waals surface area contributed by atoms with Crippen molar-refractivity contribution in [1.29, 1.82) is 0 Å². The molecule has 6 heteroatoms. The lowest BCUT2D eigenvalue weighted by Gasteiger charge is -2.39. The van der Waals surface area contributed by atoms with Crippen molar-refractivity contribution in [2.45, 2.75) is 52.4 Å². The molecule has 0 bridgehead atoms. The van der Waals surface area contributed by atoms with Crippen LogP contribution in [0, 0.1) is 5.41 Å². The summed E-state index contributed by atoms with van der Waals surface area (Å²) in [6, 6.07) is 3.29. The van der Waals surface area contributed by atoms with E-state index in [0.717, 1.165) is 12.1 Å². The van der Waals surface area contributed by atoms with Gasteiger partial charge in [0.25, 0.3) is 0 Å². The number of halogens is 3. The van der Waals surface area contributed by atoms with Gasteiger partial charge in [0.2, 0.25) is 0 Å². The fourth-order valence-corrected chi connectivity index (χ4v) is 3.04. The van der Waals surface area contributed by atoms with E-state index >= 15 is 0 Å². The molecule has 0 saturated carbocycles. The summed E-state index contributed by atoms with van der Waals surface area (Å²) in [5.74, 6) is -0.952. The Morgan fingerprint density at radius 3 is 2.36 bits per heavy atom. The van der Waals surface area contributed by atoms with Gasteiger partial charge in [-0.1, -0.05) is 0 Å². The van der Waals surface area contributed by atoms with Gasteiger partial charge in [-0.05, 0) is 57.9 Å². The van der Waals surface area contributed by atoms with Crippen LogP contribution in [-0.4, -0.2) is 23.2 Å². The molecule has 22 heavy (non-hydrogen) atoms. The van der Waals surface area contributed by atoms with Gasteiger partial charge in [0.15, 0.2) is 0 Å². The minimum atomic E-state index is -4.39. The van der Waals surface area contributed by atoms with Gasteiger partial charge in [0, 0.05) is 17.8 Å². The number of carboxylic acids is 1. The van der Waals surface area contributed by atoms with Crippen LogP contribution in [0.25, 0.3) is 0 Å². The molecule has 1 N–H and O–H groups in total. The molecule has 0 radical (unpaired) electrons. The highest BCUT2D eigenvalue weighted by molar-refractivity contribution is 5.77. The lowest BCUT2D eigenvalue weighted by atomic mass is 9.82. The highest BCUT2D eigenvalue weighted by Crippen LogP contribution is 2.43. The topological polar surface area (TPSA) is 40.5 Å². The van der Waals surface area contributed by atoms with Gasteiger partial charge in [0.1, 0.15) is 0 Å². The largest absolute Gasteiger partial charge is 0.481 e. The van der Waals surface area contributed by atoms with Crippen LogP contribution in [0.1, 0.15) is 38.8 Å². The standard InChI is InChI=1S/C16H20F3NO2/c1-9(2)20-12-6-5-11(16(17,18)19)7-10(12)8-13(20)15(3,4)14(21)22/h5-7,9,13H,8H2,1-4H3,(H,21,22). The minimum Gasteiger partial charge on any atom is -0.481 e. The van der Waals surface area contributed by atoms with E-state index in [4.69, 9.17) is 0 Å². The second-order valence-corrected chi connectivity index (χ2v) is 6.59. The Hall–Kier alpha value is -1.72. The molecule has 2 rings (SSSR count). The first-order valence-corrected chi connectivity index (χ1v) is 7.18. The summed E-state index contributed by atoms with van der Waals surface area (Å²) in [6.07, 6.45) is -4.09. The van der Waals surface area contributed by atoms with Crippen LogP contribution < -0.4 is 4.90 Å². The van der Waals surface area contributed by atoms with Gasteiger partial charge in [-0.25, -0.2) is 0 Å². The molecule has 122 valence electrons. The number of alkyl halides is 3. The van der Waals surface area contributed by atoms with Gasteiger partial charge >= 0.3 is 12.1 Å². The van der Waals surface area contributed by atoms with Crippen LogP contribution in [0.3, 0.4) is 0 Å². The Bertz CT molecular complexity index is 594. The van der Waals surface area contributed by atoms with Gasteiger partial charge in [-0.2, -0.15) is 13.2 Å². The summed E-state index contributed by atoms with van der Waals surface area (Å²) in [5, 5.41) is 9.46. The third-order valence-corrected chi connectivity index (χ3v) is 4.37. The number of aliphatic carboxylic acids is 1. The smallest absolute Gasteiger partial charge is 0.416 e. The summed E-state index contributed by atoms with van der Waals surface area (Å²) in [5.41, 5.74) is -0.490. The van der Waals surface area contributed by atoms with E-state index in [2.05, 4.69) is 0 Å². The number of anilines is 1. The zero-order chi connectivity index (χ0) is 16.9. The van der Waals surface area contributed by atoms with Crippen LogP contribution in [-0.2, 0) is 17.4 Å². The van der Waals surface area contributed by atoms with Gasteiger partial charge in [0.05, 0.1) is 11.0 Å². The monoisotopic (exact) mass is 315 g/mol. The first-order chi connectivity index (χ1) is 9.96. The molecule has 0 spiro atoms. The van der Waals surface area contributed by atoms with Crippen molar-refractivity contribution in [3.05, 3.63) is 29.3 Å². The maximum atomic E-state index is 12.9. The average molecular weight is 315 g/mol. The third kappa shape index (κ3) is 2.66. The summed E-state index contributed by atoms with van der Waals surface area (Å²) in [7, 11) is 0. The molecule has 0 aromatic heterocycles. The second kappa shape index (κ2) is 5.18. The van der Waals surface area contributed by atoms with Crippen molar-refractivity contribution in [2.24, 2.45) is 5.41 Å². The Labute approximate surface area is 127 Å². The van der Waals surface area contributed by atoms with E-state index in [-0.39, 0.29) is 12.1 Å². The SMILES string of the molecule is CC(C)N1c2ccc(C(F)(F)F)cc2CC1C(C)(C)C(=O)O. The van der Waals surface area contributed by atoms with Crippen molar-refractivity contribution in [1.82, 2.24) is 0 Å². The fourth-order valence-electron chi connectivity index (χ4n) is 3.04. The molecule has 0 fully saturated rings. The van der Waals surface area contributed by atoms with Gasteiger partial charge in [-0.3, -0.25) is 4.79 Å². The van der Waals surface area contributed by atoms with Crippen LogP contribution in [0.4, 0.5) is 18.9 Å². The van der Waals surface area contributed by atoms with Crippen molar-refractivity contribution in [2.75, 3.05) is 4.90 Å². The summed E-state index contributed by atoms with van der Waals surface area (Å²) >= 11 is 0. The van der Waals surface area contributed by atoms with Crippen molar-refractivity contribution >= 4 is 11.7 Å². The van der Waals surface area contributed by atoms with E-state index in [1.54, 1.807) is 13.8 Å². The quantitative estimate of drug-likeness (QED) is 0.918. The van der Waals surface area contributed by atoms with E-state index in [9.17, 15) is 23.1 Å². The fraction of sp³-hybridized carbons (Fsp3) is 0.562. The zero-order valence-electron chi connectivity index (χ0n) is 13.0. The zero-order valence-corrected chi connectivity index (χ0v) is 13.0. The molecule has 1 aliphatic rings. The summed E-state index contributed by atoms with van der Waals surface area (Å²) < 4.78 is 38.6. The molecule has 1 aromatic rings. The molecule has 1 aromatic carbocycles. The molecular formula is C16H20F3NO2. The van der Waals surface area contributed by atoms with Gasteiger partial charge in [-0.15, -0.1) is 0 Å². The number of carboxylic acid groups (broad SMARTS) is 1. The predicted molar refractivity (Wildman–Crippen MR) is 78.0 cm³/mol. The average Bonchev–Trinajstić information content (AvgIpc) is 2.76. The van der Waals surface area contributed by atoms with Crippen LogP contribution in [0.5, 0.6) is 0 Å². The Balaban J connectivity index is 2.49. The van der Waals surface area contributed by atoms with Gasteiger partial charge < -0.3 is 10.0 Å². The maximum absolute atomic E-state index is 12.9. The number of hydrogen-bond acceptors (Lipinski definition) is 2. The third-order valence-electron chi connectivity index (χ3n) is 4.37. The lowest BCUT2D eigenvalue weighted by molar-refractivity contribution is -0.148. The second-order valence-electron chi connectivity index (χ2n) is 6.59. The van der Waals surface area contributed by atoms with E-state index in [1.807, 2.05) is 18.7 Å². The molecule has 1 aliphatic heterocycles. The molecule has 0 aliphatic carbocycles. The first-order valence-electron chi connectivity index (χ1n) is 7.18. The number of benzene rings is 1. The van der Waals surface area contributed by atoms with E-state index in [1.165, 1.54) is 6.07 Å². The minimum absolute atomic E-state index is 0.00149. The Morgan fingerprint density at radius 1 is 1.32 bits per heavy atom. The number of hydrogen-bond donors (Lipinski definition) is 1. The summed E-state index contributed by atoms with van der Waals surface area (Å²) in [4.78, 5) is 13.5. The Morgan fingerprint density at radius 2 is 1.91 bits per heavy atom. The molecule has 1 heterocycles. The summed E-state index contributed by atoms with van der Waals surface area (Å²) in [6.45, 7) is 7.06. The van der Waals surface area contributed by atoms with Crippen molar-refractivity contribution < 1.29 is 23.1 Å². The number of carbonyl (C=O) groups is 1. The lowest BCUT2D eigenvalue weighted by Crippen LogP contribution is -2.50. The molecule has 1 atom stereocenters. The van der Waals surface area contributed by atoms with Crippen molar-refractivity contribution in [3.63, 3.8) is 0 Å². The highest BCUT2D eigenvalue weighted by Gasteiger charge is 2.46. The van der Waals surface area contributed by atoms with Crippen LogP contribution >= 0.6 is 0 Å². The van der Waals surface area contributed by atoms with Crippen LogP contribution in [0.15, 0.2) is 18.2 Å². The predicted octanol–water partition coefficient (Wildman–Crippen LogP) is 3.96. The molecular weight excluding hydrogens is 295 g/mol. The Kier molecular flexibility index (Phi) is 3.92. The number of rotatable bonds is 3. The normalized spacial score (nSPS) is 18.7. The van der Waals surface area contributed by atoms with E-state index < -0.39 is 23.1 Å². The maximum Gasteiger partial charge on any atom is 0.416 e. The molecule has 3 nitrogen and oxygen atoms in total. The van der Waals surface area contributed by atoms with Crippen LogP contribution in [0.2, 0.25) is 0 Å². The van der Waals surface area contributed by atoms with E-state index in [0.29, 0.717) is 17.7 Å². The molecule has 1 unspecified atom stereocenters. The highest BCUT2D eigenvalue weighted by atomic mass is 19.4.